The number of aromatic nitrogens is 2. The summed E-state index contributed by atoms with van der Waals surface area (Å²) in [6.07, 6.45) is 1.96. The minimum Gasteiger partial charge on any atom is -0.493 e. The third-order valence-electron chi connectivity index (χ3n) is 7.59. The van der Waals surface area contributed by atoms with E-state index in [1.54, 1.807) is 0 Å². The van der Waals surface area contributed by atoms with E-state index in [1.807, 2.05) is 87.5 Å². The van der Waals surface area contributed by atoms with E-state index in [4.69, 9.17) is 19.2 Å². The predicted molar refractivity (Wildman–Crippen MR) is 181 cm³/mol. The number of rotatable bonds is 16. The maximum Gasteiger partial charge on any atom is 0.408 e. The van der Waals surface area contributed by atoms with E-state index in [1.165, 1.54) is 0 Å². The summed E-state index contributed by atoms with van der Waals surface area (Å²) in [4.78, 5) is 20.5. The summed E-state index contributed by atoms with van der Waals surface area (Å²) in [5, 5.41) is 3.13. The van der Waals surface area contributed by atoms with E-state index >= 15 is 0 Å². The largest absolute Gasteiger partial charge is 0.493 e. The van der Waals surface area contributed by atoms with Gasteiger partial charge in [-0.2, -0.15) is 0 Å². The van der Waals surface area contributed by atoms with Gasteiger partial charge in [0.25, 0.3) is 0 Å². The molecule has 1 amide bonds. The molecule has 0 fully saturated rings. The van der Waals surface area contributed by atoms with Crippen molar-refractivity contribution in [2.24, 2.45) is 0 Å². The average molecular weight is 615 g/mol. The summed E-state index contributed by atoms with van der Waals surface area (Å²) in [5.74, 6) is 2.41. The van der Waals surface area contributed by atoms with Crippen LogP contribution in [0, 0.1) is 0 Å². The van der Waals surface area contributed by atoms with Crippen molar-refractivity contribution in [1.29, 1.82) is 0 Å². The highest BCUT2D eigenvalue weighted by atomic mass is 16.6. The van der Waals surface area contributed by atoms with E-state index in [2.05, 4.69) is 41.6 Å². The monoisotopic (exact) mass is 614 g/mol. The molecule has 1 atom stereocenters. The number of fused-ring (bicyclic) bond motifs is 1. The van der Waals surface area contributed by atoms with Crippen molar-refractivity contribution >= 4 is 17.1 Å². The third-order valence-corrected chi connectivity index (χ3v) is 7.59. The normalized spacial score (nSPS) is 12.3. The number of hydrogen-bond acceptors (Lipinski definition) is 6. The van der Waals surface area contributed by atoms with Gasteiger partial charge in [0.1, 0.15) is 29.5 Å². The first kappa shape index (κ1) is 33.8. The van der Waals surface area contributed by atoms with Gasteiger partial charge in [-0.15, -0.1) is 0 Å². The number of carbonyl (C=O) groups excluding carboxylic acids is 1. The van der Waals surface area contributed by atoms with Crippen molar-refractivity contribution in [3.05, 3.63) is 89.7 Å². The fraction of sp³-hybridized carbons (Fsp3) is 0.459. The van der Waals surface area contributed by atoms with Gasteiger partial charge in [-0.1, -0.05) is 63.2 Å². The Morgan fingerprint density at radius 2 is 1.62 bits per heavy atom. The number of carbonyl (C=O) groups is 1. The lowest BCUT2D eigenvalue weighted by molar-refractivity contribution is 0.0500. The quantitative estimate of drug-likeness (QED) is 0.129. The molecule has 0 saturated carbocycles. The van der Waals surface area contributed by atoms with E-state index in [-0.39, 0.29) is 0 Å². The van der Waals surface area contributed by atoms with Crippen molar-refractivity contribution < 1.29 is 19.0 Å². The van der Waals surface area contributed by atoms with Gasteiger partial charge in [-0.25, -0.2) is 9.78 Å². The summed E-state index contributed by atoms with van der Waals surface area (Å²) in [7, 11) is 0. The first-order valence-electron chi connectivity index (χ1n) is 16.3. The predicted octanol–water partition coefficient (Wildman–Crippen LogP) is 7.94. The fourth-order valence-corrected chi connectivity index (χ4v) is 5.31. The summed E-state index contributed by atoms with van der Waals surface area (Å²) < 4.78 is 20.0. The molecule has 0 aliphatic carbocycles. The number of imidazole rings is 1. The van der Waals surface area contributed by atoms with Crippen LogP contribution in [0.3, 0.4) is 0 Å². The fourth-order valence-electron chi connectivity index (χ4n) is 5.31. The molecular weight excluding hydrogens is 564 g/mol. The average Bonchev–Trinajstić information content (AvgIpc) is 3.38. The van der Waals surface area contributed by atoms with Crippen molar-refractivity contribution in [2.75, 3.05) is 26.2 Å². The molecule has 0 spiro atoms. The van der Waals surface area contributed by atoms with Gasteiger partial charge in [-0.3, -0.25) is 0 Å². The first-order valence-corrected chi connectivity index (χ1v) is 16.3. The number of alkyl carbamates (subject to hydrolysis) is 1. The molecule has 3 aromatic carbocycles. The van der Waals surface area contributed by atoms with Crippen LogP contribution in [0.4, 0.5) is 4.79 Å². The minimum absolute atomic E-state index is 0.409. The number of benzene rings is 3. The SMILES string of the molecule is CCCn1c([C@@H](Cc2ccc(OCc3ccccc3)cc2)NC(=O)OC(C)(C)C)nc2ccc(OCCCN(CC)CC)cc21. The van der Waals surface area contributed by atoms with Crippen LogP contribution in [0.5, 0.6) is 11.5 Å². The molecule has 0 saturated heterocycles. The lowest BCUT2D eigenvalue weighted by Gasteiger charge is -2.24. The Balaban J connectivity index is 1.56. The smallest absolute Gasteiger partial charge is 0.408 e. The van der Waals surface area contributed by atoms with Crippen molar-refractivity contribution in [2.45, 2.75) is 85.6 Å². The minimum atomic E-state index is -0.618. The lowest BCUT2D eigenvalue weighted by Crippen LogP contribution is -2.37. The molecule has 0 unspecified atom stereocenters. The molecule has 0 radical (unpaired) electrons. The summed E-state index contributed by atoms with van der Waals surface area (Å²) in [5.41, 5.74) is 3.41. The first-order chi connectivity index (χ1) is 21.7. The third kappa shape index (κ3) is 10.2. The Morgan fingerprint density at radius 1 is 0.911 bits per heavy atom. The number of nitrogens with zero attached hydrogens (tertiary/aromatic N) is 3. The highest BCUT2D eigenvalue weighted by molar-refractivity contribution is 5.78. The summed E-state index contributed by atoms with van der Waals surface area (Å²) >= 11 is 0. The molecule has 4 aromatic rings. The lowest BCUT2D eigenvalue weighted by atomic mass is 10.0. The van der Waals surface area contributed by atoms with Crippen LogP contribution in [0.2, 0.25) is 0 Å². The Morgan fingerprint density at radius 3 is 2.29 bits per heavy atom. The van der Waals surface area contributed by atoms with Crippen molar-refractivity contribution in [3.63, 3.8) is 0 Å². The Hall–Kier alpha value is -4.04. The van der Waals surface area contributed by atoms with Crippen LogP contribution in [0.1, 0.15) is 77.4 Å². The Labute approximate surface area is 268 Å². The molecule has 1 N–H and O–H groups in total. The summed E-state index contributed by atoms with van der Waals surface area (Å²) in [6, 6.07) is 23.8. The van der Waals surface area contributed by atoms with E-state index in [9.17, 15) is 4.79 Å². The number of amides is 1. The zero-order chi connectivity index (χ0) is 32.2. The second-order valence-corrected chi connectivity index (χ2v) is 12.3. The Bertz CT molecular complexity index is 1470. The highest BCUT2D eigenvalue weighted by Gasteiger charge is 2.26. The molecule has 0 bridgehead atoms. The summed E-state index contributed by atoms with van der Waals surface area (Å²) in [6.45, 7) is 17.2. The van der Waals surface area contributed by atoms with Gasteiger partial charge in [-0.05, 0) is 82.1 Å². The molecule has 1 heterocycles. The van der Waals surface area contributed by atoms with E-state index in [0.29, 0.717) is 19.6 Å². The van der Waals surface area contributed by atoms with Crippen LogP contribution in [0.25, 0.3) is 11.0 Å². The molecule has 0 aliphatic heterocycles. The molecule has 45 heavy (non-hydrogen) atoms. The molecule has 242 valence electrons. The van der Waals surface area contributed by atoms with Gasteiger partial charge < -0.3 is 29.0 Å². The van der Waals surface area contributed by atoms with E-state index < -0.39 is 17.7 Å². The zero-order valence-corrected chi connectivity index (χ0v) is 27.8. The number of aryl methyl sites for hydroxylation is 1. The van der Waals surface area contributed by atoms with Crippen molar-refractivity contribution in [3.8, 4) is 11.5 Å². The van der Waals surface area contributed by atoms with Crippen molar-refractivity contribution in [1.82, 2.24) is 19.8 Å². The van der Waals surface area contributed by atoms with E-state index in [0.717, 1.165) is 78.5 Å². The van der Waals surface area contributed by atoms with Crippen LogP contribution in [-0.4, -0.2) is 52.4 Å². The van der Waals surface area contributed by atoms with Gasteiger partial charge in [0, 0.05) is 25.6 Å². The van der Waals surface area contributed by atoms with Gasteiger partial charge >= 0.3 is 6.09 Å². The molecule has 8 heteroatoms. The molecule has 1 aromatic heterocycles. The van der Waals surface area contributed by atoms with Gasteiger partial charge in [0.05, 0.1) is 23.7 Å². The Kier molecular flexibility index (Phi) is 12.3. The topological polar surface area (TPSA) is 77.8 Å². The maximum atomic E-state index is 13.1. The van der Waals surface area contributed by atoms with Crippen LogP contribution in [-0.2, 0) is 24.3 Å². The molecule has 4 rings (SSSR count). The maximum absolute atomic E-state index is 13.1. The van der Waals surface area contributed by atoms with Crippen LogP contribution >= 0.6 is 0 Å². The second-order valence-electron chi connectivity index (χ2n) is 12.3. The van der Waals surface area contributed by atoms with Crippen LogP contribution in [0.15, 0.2) is 72.8 Å². The van der Waals surface area contributed by atoms with Gasteiger partial charge in [0.2, 0.25) is 0 Å². The number of nitrogens with one attached hydrogen (secondary N) is 1. The second kappa shape index (κ2) is 16.3. The highest BCUT2D eigenvalue weighted by Crippen LogP contribution is 2.28. The number of hydrogen-bond donors (Lipinski definition) is 1. The zero-order valence-electron chi connectivity index (χ0n) is 27.8. The molecular formula is C37H50N4O4. The number of ether oxygens (including phenoxy) is 3. The van der Waals surface area contributed by atoms with Crippen LogP contribution < -0.4 is 14.8 Å². The van der Waals surface area contributed by atoms with Gasteiger partial charge in [0.15, 0.2) is 0 Å². The molecule has 0 aliphatic rings. The standard InChI is InChI=1S/C37H50N4O4/c1-7-22-41-34-26-31(43-24-13-23-40(8-2)9-3)20-21-32(34)38-35(41)33(39-36(42)45-37(4,5)6)25-28-16-18-30(19-17-28)44-27-29-14-11-10-12-15-29/h10-12,14-21,26,33H,7-9,13,22-25,27H2,1-6H3,(H,39,42)/t33-/m1/s1. The molecule has 8 nitrogen and oxygen atoms in total.